The maximum absolute atomic E-state index is 14.2. The number of carbonyl (C=O) groups is 5. The van der Waals surface area contributed by atoms with Gasteiger partial charge in [-0.2, -0.15) is 0 Å². The summed E-state index contributed by atoms with van der Waals surface area (Å²) in [5, 5.41) is 8.38. The summed E-state index contributed by atoms with van der Waals surface area (Å²) in [6.07, 6.45) is 1.19. The molecule has 0 aliphatic carbocycles. The van der Waals surface area contributed by atoms with Crippen LogP contribution in [-0.2, 0) is 32.0 Å². The highest BCUT2D eigenvalue weighted by atomic mass is 19.1. The van der Waals surface area contributed by atoms with E-state index >= 15 is 0 Å². The van der Waals surface area contributed by atoms with E-state index in [2.05, 4.69) is 16.0 Å². The van der Waals surface area contributed by atoms with Crippen LogP contribution < -0.4 is 20.7 Å². The van der Waals surface area contributed by atoms with E-state index in [-0.39, 0.29) is 37.4 Å². The Hall–Kier alpha value is -5.26. The molecule has 3 aromatic rings. The van der Waals surface area contributed by atoms with Gasteiger partial charge in [-0.3, -0.25) is 24.0 Å². The third-order valence-electron chi connectivity index (χ3n) is 8.53. The molecular weight excluding hydrogens is 617 g/mol. The third kappa shape index (κ3) is 8.75. The molecule has 0 saturated carbocycles. The number of benzene rings is 3. The summed E-state index contributed by atoms with van der Waals surface area (Å²) in [5.74, 6) is -2.72. The minimum Gasteiger partial charge on any atom is -0.491 e. The molecule has 0 radical (unpaired) electrons. The number of carbonyl (C=O) groups excluding carboxylic acids is 5. The molecule has 5 rings (SSSR count). The molecule has 3 atom stereocenters. The van der Waals surface area contributed by atoms with Gasteiger partial charge in [0.1, 0.15) is 30.3 Å². The summed E-state index contributed by atoms with van der Waals surface area (Å²) in [5.41, 5.74) is 1.51. The Bertz CT molecular complexity index is 1640. The fraction of sp³-hybridized carbons (Fsp3) is 0.361. The fourth-order valence-electron chi connectivity index (χ4n) is 6.05. The highest BCUT2D eigenvalue weighted by Gasteiger charge is 2.38. The number of hydrogen-bond acceptors (Lipinski definition) is 6. The molecule has 252 valence electrons. The lowest BCUT2D eigenvalue weighted by atomic mass is 10.1. The molecule has 0 unspecified atom stereocenters. The first-order valence-corrected chi connectivity index (χ1v) is 16.1. The van der Waals surface area contributed by atoms with Gasteiger partial charge in [0, 0.05) is 20.1 Å². The third-order valence-corrected chi connectivity index (χ3v) is 8.53. The largest absolute Gasteiger partial charge is 0.491 e. The van der Waals surface area contributed by atoms with Gasteiger partial charge < -0.3 is 30.5 Å². The van der Waals surface area contributed by atoms with Gasteiger partial charge >= 0.3 is 0 Å². The van der Waals surface area contributed by atoms with Crippen molar-refractivity contribution in [3.8, 4) is 5.75 Å². The Kier molecular flexibility index (Phi) is 11.4. The number of halogens is 1. The molecule has 0 bridgehead atoms. The molecule has 5 amide bonds. The van der Waals surface area contributed by atoms with Gasteiger partial charge in [-0.15, -0.1) is 0 Å². The minimum absolute atomic E-state index is 0.0113. The van der Waals surface area contributed by atoms with Crippen LogP contribution in [0, 0.1) is 5.82 Å². The topological polar surface area (TPSA) is 137 Å². The molecule has 48 heavy (non-hydrogen) atoms. The predicted octanol–water partition coefficient (Wildman–Crippen LogP) is 2.24. The van der Waals surface area contributed by atoms with Crippen LogP contribution in [0.15, 0.2) is 78.9 Å². The Balaban J connectivity index is 1.41. The average molecular weight is 658 g/mol. The molecule has 11 nitrogen and oxygen atoms in total. The first-order valence-electron chi connectivity index (χ1n) is 16.1. The van der Waals surface area contributed by atoms with Gasteiger partial charge in [0.2, 0.25) is 23.6 Å². The zero-order valence-corrected chi connectivity index (χ0v) is 26.8. The Morgan fingerprint density at radius 2 is 1.69 bits per heavy atom. The fourth-order valence-corrected chi connectivity index (χ4v) is 6.05. The Morgan fingerprint density at radius 1 is 0.958 bits per heavy atom. The van der Waals surface area contributed by atoms with Crippen molar-refractivity contribution in [2.24, 2.45) is 0 Å². The molecule has 2 aliphatic heterocycles. The number of rotatable bonds is 6. The maximum Gasteiger partial charge on any atom is 0.255 e. The minimum atomic E-state index is -1.29. The number of fused-ring (bicyclic) bond motifs is 2. The van der Waals surface area contributed by atoms with Crippen molar-refractivity contribution in [1.82, 2.24) is 25.8 Å². The molecule has 3 N–H and O–H groups in total. The van der Waals surface area contributed by atoms with E-state index in [9.17, 15) is 28.4 Å². The highest BCUT2D eigenvalue weighted by molar-refractivity contribution is 6.01. The average Bonchev–Trinajstić information content (AvgIpc) is 3.58. The summed E-state index contributed by atoms with van der Waals surface area (Å²) >= 11 is 0. The van der Waals surface area contributed by atoms with Crippen LogP contribution in [0.4, 0.5) is 4.39 Å². The van der Waals surface area contributed by atoms with Gasteiger partial charge in [0.15, 0.2) is 0 Å². The van der Waals surface area contributed by atoms with Crippen LogP contribution in [0.25, 0.3) is 0 Å². The second-order valence-electron chi connectivity index (χ2n) is 12.1. The lowest BCUT2D eigenvalue weighted by Crippen LogP contribution is -2.53. The second-order valence-corrected chi connectivity index (χ2v) is 12.1. The quantitative estimate of drug-likeness (QED) is 0.372. The summed E-state index contributed by atoms with van der Waals surface area (Å²) in [7, 11) is 1.52. The lowest BCUT2D eigenvalue weighted by molar-refractivity contribution is -0.145. The van der Waals surface area contributed by atoms with E-state index in [0.717, 1.165) is 5.56 Å². The number of nitrogens with one attached hydrogen (secondary N) is 3. The van der Waals surface area contributed by atoms with Crippen molar-refractivity contribution >= 4 is 29.5 Å². The van der Waals surface area contributed by atoms with E-state index in [0.29, 0.717) is 31.4 Å². The van der Waals surface area contributed by atoms with Crippen LogP contribution in [-0.4, -0.2) is 90.8 Å². The predicted molar refractivity (Wildman–Crippen MR) is 175 cm³/mol. The highest BCUT2D eigenvalue weighted by Crippen LogP contribution is 2.22. The van der Waals surface area contributed by atoms with Gasteiger partial charge in [-0.05, 0) is 55.0 Å². The smallest absolute Gasteiger partial charge is 0.255 e. The Labute approximate surface area is 278 Å². The van der Waals surface area contributed by atoms with E-state index in [1.807, 2.05) is 30.3 Å². The first-order chi connectivity index (χ1) is 23.2. The standard InChI is InChI=1S/C36H40FN5O6/c1-41-22-32(43)39-26(20-24-10-3-2-4-11-24)23-48-31-16-8-6-13-27(31)34(45)40-29(21-33(44)42-19-9-15-30(42)36(41)47)35(46)38-18-17-25-12-5-7-14-28(25)37/h2-8,10-14,16,26,29-30H,9,15,17-23H2,1H3,(H,38,46)(H,39,43)(H,40,45)/t26-,29+,30+/m1/s1. The van der Waals surface area contributed by atoms with Crippen LogP contribution in [0.2, 0.25) is 0 Å². The zero-order valence-electron chi connectivity index (χ0n) is 26.8. The van der Waals surface area contributed by atoms with E-state index in [4.69, 9.17) is 4.74 Å². The monoisotopic (exact) mass is 657 g/mol. The molecule has 12 heteroatoms. The zero-order chi connectivity index (χ0) is 34.0. The van der Waals surface area contributed by atoms with E-state index in [1.165, 1.54) is 22.9 Å². The number of para-hydroxylation sites is 1. The molecule has 3 aromatic carbocycles. The number of nitrogens with zero attached hydrogens (tertiary/aromatic N) is 2. The molecule has 1 fully saturated rings. The molecule has 0 aromatic heterocycles. The number of ether oxygens (including phenoxy) is 1. The van der Waals surface area contributed by atoms with Crippen molar-refractivity contribution in [3.05, 3.63) is 101 Å². The lowest BCUT2D eigenvalue weighted by Gasteiger charge is -2.29. The van der Waals surface area contributed by atoms with Gasteiger partial charge in [-0.25, -0.2) is 4.39 Å². The van der Waals surface area contributed by atoms with Crippen LogP contribution in [0.1, 0.15) is 40.7 Å². The van der Waals surface area contributed by atoms with Gasteiger partial charge in [0.25, 0.3) is 5.91 Å². The summed E-state index contributed by atoms with van der Waals surface area (Å²) < 4.78 is 20.3. The van der Waals surface area contributed by atoms with E-state index in [1.54, 1.807) is 42.5 Å². The van der Waals surface area contributed by atoms with Crippen LogP contribution in [0.5, 0.6) is 5.75 Å². The molecule has 2 heterocycles. The first kappa shape index (κ1) is 34.1. The van der Waals surface area contributed by atoms with Crippen molar-refractivity contribution in [2.75, 3.05) is 33.3 Å². The van der Waals surface area contributed by atoms with Gasteiger partial charge in [-0.1, -0.05) is 60.7 Å². The molecule has 0 spiro atoms. The molecule has 2 aliphatic rings. The maximum atomic E-state index is 14.2. The number of likely N-dealkylation sites (N-methyl/N-ethyl adjacent to an activating group) is 1. The van der Waals surface area contributed by atoms with Crippen molar-refractivity contribution in [1.29, 1.82) is 0 Å². The second kappa shape index (κ2) is 16.0. The number of amides is 5. The van der Waals surface area contributed by atoms with Crippen molar-refractivity contribution in [2.45, 2.75) is 50.2 Å². The normalized spacial score (nSPS) is 20.9. The molecular formula is C36H40FN5O6. The Morgan fingerprint density at radius 3 is 2.48 bits per heavy atom. The van der Waals surface area contributed by atoms with Crippen molar-refractivity contribution in [3.63, 3.8) is 0 Å². The van der Waals surface area contributed by atoms with Crippen molar-refractivity contribution < 1.29 is 33.1 Å². The summed E-state index contributed by atoms with van der Waals surface area (Å²) in [4.78, 5) is 70.2. The summed E-state index contributed by atoms with van der Waals surface area (Å²) in [6.45, 7) is 0.143. The van der Waals surface area contributed by atoms with Crippen LogP contribution in [0.3, 0.4) is 0 Å². The van der Waals surface area contributed by atoms with Crippen LogP contribution >= 0.6 is 0 Å². The van der Waals surface area contributed by atoms with E-state index < -0.39 is 59.9 Å². The number of hydrogen-bond donors (Lipinski definition) is 3. The summed E-state index contributed by atoms with van der Waals surface area (Å²) in [6, 6.07) is 19.7. The molecule has 1 saturated heterocycles. The SMILES string of the molecule is CN1CC(=O)N[C@H](Cc2ccccc2)COc2ccccc2C(=O)N[C@H](C(=O)NCCc2ccccc2F)CC(=O)N2CCC[C@H]2C1=O. The van der Waals surface area contributed by atoms with Gasteiger partial charge in [0.05, 0.1) is 24.6 Å².